The van der Waals surface area contributed by atoms with Crippen molar-refractivity contribution in [2.24, 2.45) is 12.5 Å². The van der Waals surface area contributed by atoms with E-state index in [1.54, 1.807) is 31.8 Å². The Morgan fingerprint density at radius 2 is 2.04 bits per heavy atom. The van der Waals surface area contributed by atoms with E-state index in [0.717, 1.165) is 44.8 Å². The number of anilines is 1. The monoisotopic (exact) mass is 339 g/mol. The number of aryl methyl sites for hydroxylation is 1. The van der Waals surface area contributed by atoms with Crippen molar-refractivity contribution in [3.8, 4) is 0 Å². The number of nitrogens with zero attached hydrogens (tertiary/aromatic N) is 5. The number of rotatable bonds is 2. The second-order valence-corrected chi connectivity index (χ2v) is 7.12. The largest absolute Gasteiger partial charge is 0.355 e. The van der Waals surface area contributed by atoms with Crippen molar-refractivity contribution in [2.75, 3.05) is 31.1 Å². The molecule has 2 saturated heterocycles. The number of hydrogen-bond donors (Lipinski definition) is 0. The maximum absolute atomic E-state index is 12.8. The lowest BCUT2D eigenvalue weighted by Crippen LogP contribution is -2.64. The molecule has 2 aliphatic heterocycles. The highest BCUT2D eigenvalue weighted by Crippen LogP contribution is 2.40. The molecule has 0 bridgehead atoms. The lowest BCUT2D eigenvalue weighted by Gasteiger charge is -2.55. The molecular weight excluding hydrogens is 318 g/mol. The van der Waals surface area contributed by atoms with Crippen molar-refractivity contribution in [1.82, 2.24) is 19.4 Å². The van der Waals surface area contributed by atoms with Crippen molar-refractivity contribution in [3.05, 3.63) is 52.8 Å². The molecule has 7 heteroatoms. The fourth-order valence-corrected chi connectivity index (χ4v) is 3.94. The maximum Gasteiger partial charge on any atom is 0.255 e. The Balaban J connectivity index is 1.46. The lowest BCUT2D eigenvalue weighted by molar-refractivity contribution is 0.0417. The van der Waals surface area contributed by atoms with Crippen molar-refractivity contribution >= 4 is 11.7 Å². The summed E-state index contributed by atoms with van der Waals surface area (Å²) in [6.07, 6.45) is 7.08. The molecule has 2 fully saturated rings. The molecule has 0 radical (unpaired) electrons. The van der Waals surface area contributed by atoms with Gasteiger partial charge in [0.1, 0.15) is 12.1 Å². The highest BCUT2D eigenvalue weighted by Gasteiger charge is 2.47. The van der Waals surface area contributed by atoms with E-state index in [4.69, 9.17) is 0 Å². The van der Waals surface area contributed by atoms with Crippen LogP contribution in [-0.2, 0) is 7.05 Å². The van der Waals surface area contributed by atoms with Crippen molar-refractivity contribution in [3.63, 3.8) is 0 Å². The van der Waals surface area contributed by atoms with Crippen molar-refractivity contribution in [2.45, 2.75) is 12.8 Å². The van der Waals surface area contributed by atoms with Gasteiger partial charge in [-0.15, -0.1) is 0 Å². The summed E-state index contributed by atoms with van der Waals surface area (Å²) in [4.78, 5) is 36.8. The first kappa shape index (κ1) is 15.8. The van der Waals surface area contributed by atoms with Crippen LogP contribution in [0, 0.1) is 5.41 Å². The highest BCUT2D eigenvalue weighted by molar-refractivity contribution is 5.94. The number of carbonyl (C=O) groups excluding carboxylic acids is 1. The van der Waals surface area contributed by atoms with E-state index in [1.807, 2.05) is 11.0 Å². The van der Waals surface area contributed by atoms with Crippen LogP contribution in [0.4, 0.5) is 5.82 Å². The molecule has 4 rings (SSSR count). The Morgan fingerprint density at radius 1 is 1.20 bits per heavy atom. The molecule has 2 aliphatic rings. The number of hydrogen-bond acceptors (Lipinski definition) is 5. The molecule has 0 atom stereocenters. The molecular formula is C18H21N5O2. The van der Waals surface area contributed by atoms with Crippen LogP contribution in [0.3, 0.4) is 0 Å². The number of amides is 1. The van der Waals surface area contributed by atoms with E-state index in [2.05, 4.69) is 14.9 Å². The molecule has 25 heavy (non-hydrogen) atoms. The molecule has 0 aromatic carbocycles. The third-order valence-corrected chi connectivity index (χ3v) is 5.22. The summed E-state index contributed by atoms with van der Waals surface area (Å²) in [5, 5.41) is 0. The Morgan fingerprint density at radius 3 is 2.76 bits per heavy atom. The van der Waals surface area contributed by atoms with Gasteiger partial charge in [-0.1, -0.05) is 0 Å². The van der Waals surface area contributed by atoms with Gasteiger partial charge in [0.05, 0.1) is 5.56 Å². The molecule has 7 nitrogen and oxygen atoms in total. The summed E-state index contributed by atoms with van der Waals surface area (Å²) in [7, 11) is 1.67. The van der Waals surface area contributed by atoms with E-state index < -0.39 is 0 Å². The number of carbonyl (C=O) groups is 1. The zero-order valence-corrected chi connectivity index (χ0v) is 14.3. The van der Waals surface area contributed by atoms with Crippen LogP contribution in [0.1, 0.15) is 23.2 Å². The van der Waals surface area contributed by atoms with Crippen LogP contribution in [0.25, 0.3) is 0 Å². The van der Waals surface area contributed by atoms with Gasteiger partial charge in [0, 0.05) is 57.1 Å². The minimum absolute atomic E-state index is 0.00941. The Hall–Kier alpha value is -2.70. The fourth-order valence-electron chi connectivity index (χ4n) is 3.94. The minimum Gasteiger partial charge on any atom is -0.355 e. The van der Waals surface area contributed by atoms with Crippen LogP contribution in [0.15, 0.2) is 41.7 Å². The third kappa shape index (κ3) is 2.90. The second-order valence-electron chi connectivity index (χ2n) is 7.12. The number of likely N-dealkylation sites (tertiary alicyclic amines) is 1. The predicted octanol–water partition coefficient (Wildman–Crippen LogP) is 0.918. The summed E-state index contributed by atoms with van der Waals surface area (Å²) in [6, 6.07) is 5.00. The van der Waals surface area contributed by atoms with Crippen LogP contribution >= 0.6 is 0 Å². The quantitative estimate of drug-likeness (QED) is 0.814. The van der Waals surface area contributed by atoms with Crippen LogP contribution in [0.2, 0.25) is 0 Å². The standard InChI is InChI=1S/C18H21N5O2/c1-21-9-14(3-4-16(21)24)17(25)22-8-2-6-18(10-22)11-23(12-18)15-5-7-19-13-20-15/h3-5,7,9,13H,2,6,8,10-12H2,1H3. The first-order valence-corrected chi connectivity index (χ1v) is 8.53. The Bertz CT molecular complexity index is 842. The van der Waals surface area contributed by atoms with Gasteiger partial charge in [-0.3, -0.25) is 9.59 Å². The van der Waals surface area contributed by atoms with Gasteiger partial charge in [0.15, 0.2) is 0 Å². The lowest BCUT2D eigenvalue weighted by atomic mass is 9.73. The van der Waals surface area contributed by atoms with Crippen LogP contribution in [0.5, 0.6) is 0 Å². The van der Waals surface area contributed by atoms with E-state index >= 15 is 0 Å². The van der Waals surface area contributed by atoms with E-state index in [-0.39, 0.29) is 16.9 Å². The topological polar surface area (TPSA) is 71.3 Å². The van der Waals surface area contributed by atoms with E-state index in [9.17, 15) is 9.59 Å². The molecule has 1 amide bonds. The number of aromatic nitrogens is 3. The van der Waals surface area contributed by atoms with Gasteiger partial charge < -0.3 is 14.4 Å². The molecule has 4 heterocycles. The number of pyridine rings is 1. The Kier molecular flexibility index (Phi) is 3.78. The highest BCUT2D eigenvalue weighted by atomic mass is 16.2. The first-order valence-electron chi connectivity index (χ1n) is 8.53. The third-order valence-electron chi connectivity index (χ3n) is 5.22. The van der Waals surface area contributed by atoms with Crippen LogP contribution < -0.4 is 10.5 Å². The van der Waals surface area contributed by atoms with Crippen molar-refractivity contribution in [1.29, 1.82) is 0 Å². The van der Waals surface area contributed by atoms with Gasteiger partial charge in [0.2, 0.25) is 5.56 Å². The van der Waals surface area contributed by atoms with Gasteiger partial charge in [0.25, 0.3) is 5.91 Å². The maximum atomic E-state index is 12.8. The fraction of sp³-hybridized carbons (Fsp3) is 0.444. The second kappa shape index (κ2) is 5.98. The van der Waals surface area contributed by atoms with Gasteiger partial charge >= 0.3 is 0 Å². The molecule has 130 valence electrons. The van der Waals surface area contributed by atoms with E-state index in [0.29, 0.717) is 5.56 Å². The molecule has 0 saturated carbocycles. The van der Waals surface area contributed by atoms with Gasteiger partial charge in [-0.2, -0.15) is 0 Å². The minimum atomic E-state index is -0.105. The first-order chi connectivity index (χ1) is 12.1. The van der Waals surface area contributed by atoms with E-state index in [1.165, 1.54) is 10.6 Å². The smallest absolute Gasteiger partial charge is 0.255 e. The predicted molar refractivity (Wildman–Crippen MR) is 93.5 cm³/mol. The van der Waals surface area contributed by atoms with Gasteiger partial charge in [-0.25, -0.2) is 9.97 Å². The zero-order chi connectivity index (χ0) is 17.4. The SMILES string of the molecule is Cn1cc(C(=O)N2CCCC3(C2)CN(c2ccncn2)C3)ccc1=O. The summed E-state index contributed by atoms with van der Waals surface area (Å²) < 4.78 is 1.45. The summed E-state index contributed by atoms with van der Waals surface area (Å²) in [5.74, 6) is 0.956. The average Bonchev–Trinajstić information content (AvgIpc) is 2.62. The summed E-state index contributed by atoms with van der Waals surface area (Å²) in [6.45, 7) is 3.37. The van der Waals surface area contributed by atoms with Crippen molar-refractivity contribution < 1.29 is 4.79 Å². The average molecular weight is 339 g/mol. The van der Waals surface area contributed by atoms with Gasteiger partial charge in [-0.05, 0) is 25.0 Å². The molecule has 2 aromatic heterocycles. The molecule has 0 unspecified atom stereocenters. The normalized spacial score (nSPS) is 18.9. The number of piperidine rings is 1. The molecule has 1 spiro atoms. The summed E-state index contributed by atoms with van der Waals surface area (Å²) in [5.41, 5.74) is 0.622. The Labute approximate surface area is 145 Å². The summed E-state index contributed by atoms with van der Waals surface area (Å²) >= 11 is 0. The van der Waals surface area contributed by atoms with Crippen LogP contribution in [-0.4, -0.2) is 51.5 Å². The zero-order valence-electron chi connectivity index (χ0n) is 14.3. The molecule has 2 aromatic rings. The molecule has 0 N–H and O–H groups in total. The molecule has 0 aliphatic carbocycles.